The normalized spacial score (nSPS) is 17.0. The maximum absolute atomic E-state index is 12.1. The molecule has 2 aromatic carbocycles. The van der Waals surface area contributed by atoms with Crippen LogP contribution in [0.25, 0.3) is 6.08 Å². The van der Waals surface area contributed by atoms with Gasteiger partial charge in [0.1, 0.15) is 0 Å². The van der Waals surface area contributed by atoms with Gasteiger partial charge in [-0.15, -0.1) is 5.10 Å². The predicted octanol–water partition coefficient (Wildman–Crippen LogP) is 4.50. The minimum atomic E-state index is -0.501. The van der Waals surface area contributed by atoms with Gasteiger partial charge in [0.25, 0.3) is 11.6 Å². The van der Waals surface area contributed by atoms with Crippen LogP contribution in [0.4, 0.5) is 5.69 Å². The Morgan fingerprint density at radius 1 is 1.15 bits per heavy atom. The quantitative estimate of drug-likeness (QED) is 0.340. The van der Waals surface area contributed by atoms with Crippen LogP contribution in [-0.4, -0.2) is 22.2 Å². The molecular weight excluding hydrogens is 411 g/mol. The maximum atomic E-state index is 12.1. The van der Waals surface area contributed by atoms with Crippen molar-refractivity contribution in [3.8, 4) is 0 Å². The van der Waals surface area contributed by atoms with E-state index >= 15 is 0 Å². The van der Waals surface area contributed by atoms with E-state index < -0.39 is 10.8 Å². The molecule has 0 radical (unpaired) electrons. The summed E-state index contributed by atoms with van der Waals surface area (Å²) in [5, 5.41) is 22.6. The first-order valence-electron chi connectivity index (χ1n) is 7.44. The van der Waals surface area contributed by atoms with Crippen LogP contribution in [0.15, 0.2) is 57.6 Å². The van der Waals surface area contributed by atoms with Gasteiger partial charge in [-0.1, -0.05) is 41.4 Å². The number of halogens is 2. The summed E-state index contributed by atoms with van der Waals surface area (Å²) in [5.41, 5.74) is 0.868. The van der Waals surface area contributed by atoms with E-state index in [2.05, 4.69) is 15.5 Å². The summed E-state index contributed by atoms with van der Waals surface area (Å²) in [4.78, 5) is 22.9. The lowest BCUT2D eigenvalue weighted by molar-refractivity contribution is -0.385. The van der Waals surface area contributed by atoms with E-state index in [0.29, 0.717) is 21.2 Å². The Morgan fingerprint density at radius 2 is 1.93 bits per heavy atom. The molecule has 2 aromatic rings. The summed E-state index contributed by atoms with van der Waals surface area (Å²) < 4.78 is 0. The summed E-state index contributed by atoms with van der Waals surface area (Å²) in [6.07, 6.45) is 2.88. The molecular formula is C17H10Cl2N4O3S. The van der Waals surface area contributed by atoms with Crippen LogP contribution in [0.1, 0.15) is 11.1 Å². The third-order valence-corrected chi connectivity index (χ3v) is 4.84. The Morgan fingerprint density at radius 3 is 2.67 bits per heavy atom. The van der Waals surface area contributed by atoms with Gasteiger partial charge in [-0.3, -0.25) is 20.2 Å². The molecule has 1 N–H and O–H groups in total. The number of nitro groups is 1. The lowest BCUT2D eigenvalue weighted by atomic mass is 10.1. The van der Waals surface area contributed by atoms with E-state index in [1.54, 1.807) is 36.4 Å². The van der Waals surface area contributed by atoms with Gasteiger partial charge in [-0.05, 0) is 36.0 Å². The fourth-order valence-electron chi connectivity index (χ4n) is 2.14. The number of benzene rings is 2. The average Bonchev–Trinajstić information content (AvgIpc) is 2.96. The van der Waals surface area contributed by atoms with Crippen molar-refractivity contribution in [3.05, 3.63) is 78.7 Å². The molecule has 0 bridgehead atoms. The Kier molecular flexibility index (Phi) is 5.90. The SMILES string of the molecule is O=C1N/C(=N\N=C\c2ccc(Cl)cc2Cl)S/C1=C\c1ccccc1[N+](=O)[O-]. The molecule has 10 heteroatoms. The summed E-state index contributed by atoms with van der Waals surface area (Å²) >= 11 is 12.9. The minimum Gasteiger partial charge on any atom is -0.299 e. The van der Waals surface area contributed by atoms with Crippen molar-refractivity contribution >= 4 is 64.0 Å². The molecule has 1 saturated heterocycles. The number of nitrogens with zero attached hydrogens (tertiary/aromatic N) is 3. The number of amidine groups is 1. The second kappa shape index (κ2) is 8.34. The molecule has 136 valence electrons. The Bertz CT molecular complexity index is 1020. The topological polar surface area (TPSA) is 97.0 Å². The zero-order valence-electron chi connectivity index (χ0n) is 13.4. The maximum Gasteiger partial charge on any atom is 0.276 e. The molecule has 7 nitrogen and oxygen atoms in total. The standard InChI is InChI=1S/C17H10Cl2N4O3S/c18-12-6-5-11(13(19)8-12)9-20-22-17-21-16(24)15(27-17)7-10-3-1-2-4-14(10)23(25)26/h1-9H,(H,21,22,24)/b15-7-,20-9+. The molecule has 1 fully saturated rings. The number of hydrogen-bond donors (Lipinski definition) is 1. The van der Waals surface area contributed by atoms with Gasteiger partial charge in [0.2, 0.25) is 0 Å². The van der Waals surface area contributed by atoms with Crippen molar-refractivity contribution < 1.29 is 9.72 Å². The zero-order valence-corrected chi connectivity index (χ0v) is 15.8. The minimum absolute atomic E-state index is 0.0841. The molecule has 27 heavy (non-hydrogen) atoms. The van der Waals surface area contributed by atoms with E-state index in [0.717, 1.165) is 11.8 Å². The van der Waals surface area contributed by atoms with Crippen molar-refractivity contribution in [2.75, 3.05) is 0 Å². The number of thioether (sulfide) groups is 1. The lowest BCUT2D eigenvalue weighted by Gasteiger charge is -1.97. The number of amides is 1. The molecule has 0 spiro atoms. The molecule has 1 aliphatic heterocycles. The van der Waals surface area contributed by atoms with Crippen LogP contribution in [0.2, 0.25) is 10.0 Å². The molecule has 3 rings (SSSR count). The van der Waals surface area contributed by atoms with Crippen LogP contribution in [0.5, 0.6) is 0 Å². The lowest BCUT2D eigenvalue weighted by Crippen LogP contribution is -2.19. The smallest absolute Gasteiger partial charge is 0.276 e. The highest BCUT2D eigenvalue weighted by molar-refractivity contribution is 8.18. The summed E-state index contributed by atoms with van der Waals surface area (Å²) in [7, 11) is 0. The van der Waals surface area contributed by atoms with Crippen molar-refractivity contribution in [1.29, 1.82) is 0 Å². The number of nitrogens with one attached hydrogen (secondary N) is 1. The van der Waals surface area contributed by atoms with Gasteiger partial charge in [0.15, 0.2) is 5.17 Å². The number of carbonyl (C=O) groups excluding carboxylic acids is 1. The highest BCUT2D eigenvalue weighted by atomic mass is 35.5. The van der Waals surface area contributed by atoms with Crippen LogP contribution < -0.4 is 5.32 Å². The molecule has 0 atom stereocenters. The van der Waals surface area contributed by atoms with E-state index in [-0.39, 0.29) is 15.8 Å². The van der Waals surface area contributed by atoms with Crippen LogP contribution in [0, 0.1) is 10.1 Å². The number of nitro benzene ring substituents is 1. The zero-order chi connectivity index (χ0) is 19.4. The second-order valence-corrected chi connectivity index (χ2v) is 7.07. The molecule has 0 unspecified atom stereocenters. The monoisotopic (exact) mass is 420 g/mol. The van der Waals surface area contributed by atoms with Gasteiger partial charge in [-0.2, -0.15) is 5.10 Å². The van der Waals surface area contributed by atoms with Gasteiger partial charge in [-0.25, -0.2) is 0 Å². The van der Waals surface area contributed by atoms with E-state index in [1.165, 1.54) is 18.4 Å². The van der Waals surface area contributed by atoms with Crippen molar-refractivity contribution in [1.82, 2.24) is 5.32 Å². The van der Waals surface area contributed by atoms with Crippen molar-refractivity contribution in [3.63, 3.8) is 0 Å². The summed E-state index contributed by atoms with van der Waals surface area (Å²) in [6, 6.07) is 11.1. The average molecular weight is 421 g/mol. The van der Waals surface area contributed by atoms with Gasteiger partial charge >= 0.3 is 0 Å². The first-order chi connectivity index (χ1) is 12.9. The highest BCUT2D eigenvalue weighted by Gasteiger charge is 2.25. The molecule has 1 amide bonds. The third kappa shape index (κ3) is 4.73. The van der Waals surface area contributed by atoms with E-state index in [9.17, 15) is 14.9 Å². The molecule has 1 heterocycles. The molecule has 0 aliphatic carbocycles. The van der Waals surface area contributed by atoms with Crippen molar-refractivity contribution in [2.24, 2.45) is 10.2 Å². The number of carbonyl (C=O) groups is 1. The molecule has 0 aromatic heterocycles. The fourth-order valence-corrected chi connectivity index (χ4v) is 3.37. The second-order valence-electron chi connectivity index (χ2n) is 5.20. The van der Waals surface area contributed by atoms with Gasteiger partial charge in [0.05, 0.1) is 26.6 Å². The number of hydrogen-bond acceptors (Lipinski definition) is 6. The van der Waals surface area contributed by atoms with Gasteiger partial charge in [0, 0.05) is 16.7 Å². The Labute approximate surface area is 167 Å². The Hall–Kier alpha value is -2.68. The van der Waals surface area contributed by atoms with E-state index in [1.807, 2.05) is 0 Å². The van der Waals surface area contributed by atoms with Gasteiger partial charge < -0.3 is 0 Å². The summed E-state index contributed by atoms with van der Waals surface area (Å²) in [6.45, 7) is 0. The first kappa shape index (κ1) is 19.1. The van der Waals surface area contributed by atoms with Crippen LogP contribution in [0.3, 0.4) is 0 Å². The van der Waals surface area contributed by atoms with Crippen molar-refractivity contribution in [2.45, 2.75) is 0 Å². The molecule has 0 saturated carbocycles. The highest BCUT2D eigenvalue weighted by Crippen LogP contribution is 2.29. The third-order valence-electron chi connectivity index (χ3n) is 3.38. The fraction of sp³-hybridized carbons (Fsp3) is 0. The predicted molar refractivity (Wildman–Crippen MR) is 108 cm³/mol. The van der Waals surface area contributed by atoms with Crippen LogP contribution in [-0.2, 0) is 4.79 Å². The first-order valence-corrected chi connectivity index (χ1v) is 9.01. The van der Waals surface area contributed by atoms with Crippen LogP contribution >= 0.6 is 35.0 Å². The number of para-hydroxylation sites is 1. The summed E-state index contributed by atoms with van der Waals surface area (Å²) in [5.74, 6) is -0.406. The Balaban J connectivity index is 1.78. The molecule has 1 aliphatic rings. The largest absolute Gasteiger partial charge is 0.299 e. The number of rotatable bonds is 4. The van der Waals surface area contributed by atoms with E-state index in [4.69, 9.17) is 23.2 Å².